The number of rotatable bonds is 8. The predicted molar refractivity (Wildman–Crippen MR) is 104 cm³/mol. The smallest absolute Gasteiger partial charge is 0.222 e. The average Bonchev–Trinajstić information content (AvgIpc) is 3.12. The molecule has 0 aliphatic heterocycles. The summed E-state index contributed by atoms with van der Waals surface area (Å²) in [7, 11) is 0. The molecule has 26 heavy (non-hydrogen) atoms. The second-order valence-electron chi connectivity index (χ2n) is 5.95. The van der Waals surface area contributed by atoms with Gasteiger partial charge in [0, 0.05) is 30.4 Å². The van der Waals surface area contributed by atoms with Crippen LogP contribution in [0.3, 0.4) is 0 Å². The molecule has 3 heterocycles. The molecule has 0 aliphatic rings. The molecule has 0 aliphatic carbocycles. The van der Waals surface area contributed by atoms with Crippen LogP contribution in [0.4, 0.5) is 11.8 Å². The molecule has 0 fully saturated rings. The lowest BCUT2D eigenvalue weighted by molar-refractivity contribution is 0.644. The summed E-state index contributed by atoms with van der Waals surface area (Å²) in [6.07, 6.45) is 9.12. The first-order valence-electron chi connectivity index (χ1n) is 8.32. The van der Waals surface area contributed by atoms with Crippen LogP contribution < -0.4 is 10.6 Å². The quantitative estimate of drug-likeness (QED) is 0.585. The second kappa shape index (κ2) is 8.61. The molecule has 0 aromatic carbocycles. The molecule has 9 heteroatoms. The Kier molecular flexibility index (Phi) is 6.00. The normalized spacial score (nSPS) is 12.0. The minimum absolute atomic E-state index is 0.387. The topological polar surface area (TPSA) is 93.4 Å². The van der Waals surface area contributed by atoms with Crippen molar-refractivity contribution in [3.63, 3.8) is 0 Å². The van der Waals surface area contributed by atoms with Crippen molar-refractivity contribution in [3.8, 4) is 5.69 Å². The highest BCUT2D eigenvalue weighted by atomic mass is 32.2. The van der Waals surface area contributed by atoms with Crippen LogP contribution in [0.15, 0.2) is 41.9 Å². The van der Waals surface area contributed by atoms with Crippen LogP contribution in [0.25, 0.3) is 5.69 Å². The van der Waals surface area contributed by atoms with Crippen molar-refractivity contribution in [2.24, 2.45) is 5.92 Å². The van der Waals surface area contributed by atoms with Crippen molar-refractivity contribution in [1.82, 2.24) is 29.7 Å². The van der Waals surface area contributed by atoms with E-state index in [-0.39, 0.29) is 0 Å². The number of aromatic nitrogens is 6. The van der Waals surface area contributed by atoms with Crippen molar-refractivity contribution in [2.45, 2.75) is 18.7 Å². The number of aryl methyl sites for hydroxylation is 1. The summed E-state index contributed by atoms with van der Waals surface area (Å²) in [6, 6.07) is 3.91. The number of hydrogen-bond acceptors (Lipinski definition) is 8. The largest absolute Gasteiger partial charge is 0.370 e. The molecule has 1 unspecified atom stereocenters. The number of thioether (sulfide) groups is 1. The number of nitrogens with one attached hydrogen (secondary N) is 2. The maximum Gasteiger partial charge on any atom is 0.222 e. The fourth-order valence-corrected chi connectivity index (χ4v) is 2.54. The molecule has 3 rings (SSSR count). The molecular weight excluding hydrogens is 348 g/mol. The molecule has 2 N–H and O–H groups in total. The number of anilines is 2. The Morgan fingerprint density at radius 1 is 1.04 bits per heavy atom. The van der Waals surface area contributed by atoms with Gasteiger partial charge in [0.05, 0.1) is 11.9 Å². The van der Waals surface area contributed by atoms with Gasteiger partial charge >= 0.3 is 0 Å². The second-order valence-corrected chi connectivity index (χ2v) is 6.83. The summed E-state index contributed by atoms with van der Waals surface area (Å²) in [5.74, 6) is 2.61. The minimum atomic E-state index is 0.387. The van der Waals surface area contributed by atoms with E-state index in [4.69, 9.17) is 0 Å². The van der Waals surface area contributed by atoms with Gasteiger partial charge in [0.2, 0.25) is 5.95 Å². The third kappa shape index (κ3) is 4.92. The van der Waals surface area contributed by atoms with Crippen LogP contribution in [0.2, 0.25) is 0 Å². The molecule has 8 nitrogen and oxygen atoms in total. The Balaban J connectivity index is 1.45. The molecule has 136 valence electrons. The van der Waals surface area contributed by atoms with E-state index in [0.717, 1.165) is 35.3 Å². The SMILES string of the molecule is CSc1cnc(NCC(C)CNc2ccc(-n3cnc(C)n3)cn2)nc1. The van der Waals surface area contributed by atoms with Crippen LogP contribution in [0, 0.1) is 12.8 Å². The molecule has 0 amide bonds. The lowest BCUT2D eigenvalue weighted by atomic mass is 10.2. The third-order valence-corrected chi connectivity index (χ3v) is 4.41. The zero-order valence-corrected chi connectivity index (χ0v) is 15.9. The molecular formula is C17H22N8S. The van der Waals surface area contributed by atoms with E-state index in [1.54, 1.807) is 29.0 Å². The van der Waals surface area contributed by atoms with E-state index in [2.05, 4.69) is 42.6 Å². The summed E-state index contributed by atoms with van der Waals surface area (Å²) < 4.78 is 1.71. The van der Waals surface area contributed by atoms with Gasteiger partial charge in [-0.05, 0) is 31.2 Å². The molecule has 0 spiro atoms. The van der Waals surface area contributed by atoms with E-state index >= 15 is 0 Å². The Bertz CT molecular complexity index is 816. The first kappa shape index (κ1) is 18.1. The lowest BCUT2D eigenvalue weighted by Gasteiger charge is -2.14. The van der Waals surface area contributed by atoms with Gasteiger partial charge in [-0.2, -0.15) is 5.10 Å². The van der Waals surface area contributed by atoms with Crippen molar-refractivity contribution >= 4 is 23.5 Å². The van der Waals surface area contributed by atoms with Crippen molar-refractivity contribution < 1.29 is 0 Å². The Hall–Kier alpha value is -2.68. The molecule has 0 saturated carbocycles. The van der Waals surface area contributed by atoms with Crippen LogP contribution in [-0.4, -0.2) is 49.1 Å². The van der Waals surface area contributed by atoms with Gasteiger partial charge in [-0.3, -0.25) is 0 Å². The van der Waals surface area contributed by atoms with Crippen LogP contribution in [-0.2, 0) is 0 Å². The summed E-state index contributed by atoms with van der Waals surface area (Å²) in [4.78, 5) is 18.2. The fourth-order valence-electron chi connectivity index (χ4n) is 2.23. The standard InChI is InChI=1S/C17H22N8S/c1-12(7-20-17-21-9-15(26-3)10-22-17)6-18-16-5-4-14(8-19-16)25-11-23-13(2)24-25/h4-5,8-12H,6-7H2,1-3H3,(H,18,19)(H,20,21,22). The van der Waals surface area contributed by atoms with Crippen molar-refractivity contribution in [3.05, 3.63) is 42.9 Å². The molecule has 0 radical (unpaired) electrons. The molecule has 3 aromatic rings. The van der Waals surface area contributed by atoms with Crippen LogP contribution in [0.1, 0.15) is 12.7 Å². The maximum absolute atomic E-state index is 4.43. The highest BCUT2D eigenvalue weighted by Crippen LogP contribution is 2.12. The lowest BCUT2D eigenvalue weighted by Crippen LogP contribution is -2.21. The highest BCUT2D eigenvalue weighted by Gasteiger charge is 2.05. The zero-order chi connectivity index (χ0) is 18.4. The fraction of sp³-hybridized carbons (Fsp3) is 0.353. The molecule has 1 atom stereocenters. The van der Waals surface area contributed by atoms with Gasteiger partial charge in [0.15, 0.2) is 0 Å². The van der Waals surface area contributed by atoms with Crippen LogP contribution in [0.5, 0.6) is 0 Å². The van der Waals surface area contributed by atoms with Gasteiger partial charge in [-0.25, -0.2) is 24.6 Å². The van der Waals surface area contributed by atoms with Gasteiger partial charge < -0.3 is 10.6 Å². The molecule has 3 aromatic heterocycles. The van der Waals surface area contributed by atoms with E-state index in [1.165, 1.54) is 0 Å². The predicted octanol–water partition coefficient (Wildman–Crippen LogP) is 2.64. The third-order valence-electron chi connectivity index (χ3n) is 3.72. The summed E-state index contributed by atoms with van der Waals surface area (Å²) in [5, 5.41) is 10.9. The summed E-state index contributed by atoms with van der Waals surface area (Å²) in [6.45, 7) is 5.59. The zero-order valence-electron chi connectivity index (χ0n) is 15.0. The first-order chi connectivity index (χ1) is 12.6. The monoisotopic (exact) mass is 370 g/mol. The minimum Gasteiger partial charge on any atom is -0.370 e. The van der Waals surface area contributed by atoms with E-state index < -0.39 is 0 Å². The van der Waals surface area contributed by atoms with Crippen molar-refractivity contribution in [1.29, 1.82) is 0 Å². The number of hydrogen-bond donors (Lipinski definition) is 2. The average molecular weight is 370 g/mol. The highest BCUT2D eigenvalue weighted by molar-refractivity contribution is 7.98. The molecule has 0 bridgehead atoms. The van der Waals surface area contributed by atoms with Gasteiger partial charge in [0.1, 0.15) is 18.0 Å². The summed E-state index contributed by atoms with van der Waals surface area (Å²) >= 11 is 1.63. The van der Waals surface area contributed by atoms with Gasteiger partial charge in [-0.15, -0.1) is 11.8 Å². The Morgan fingerprint density at radius 3 is 2.42 bits per heavy atom. The Morgan fingerprint density at radius 2 is 1.81 bits per heavy atom. The van der Waals surface area contributed by atoms with E-state index in [1.807, 2.05) is 37.7 Å². The molecule has 0 saturated heterocycles. The maximum atomic E-state index is 4.43. The van der Waals surface area contributed by atoms with Gasteiger partial charge in [0.25, 0.3) is 0 Å². The summed E-state index contributed by atoms with van der Waals surface area (Å²) in [5.41, 5.74) is 0.886. The number of nitrogens with zero attached hydrogens (tertiary/aromatic N) is 6. The number of pyridine rings is 1. The van der Waals surface area contributed by atoms with E-state index in [9.17, 15) is 0 Å². The van der Waals surface area contributed by atoms with Gasteiger partial charge in [-0.1, -0.05) is 6.92 Å². The van der Waals surface area contributed by atoms with E-state index in [0.29, 0.717) is 11.9 Å². The first-order valence-corrected chi connectivity index (χ1v) is 9.55. The van der Waals surface area contributed by atoms with Crippen molar-refractivity contribution in [2.75, 3.05) is 30.0 Å². The van der Waals surface area contributed by atoms with Crippen LogP contribution >= 0.6 is 11.8 Å². The Labute approximate surface area is 156 Å².